The number of para-hydroxylation sites is 1. The molecule has 190 valence electrons. The minimum absolute atomic E-state index is 0.373. The van der Waals surface area contributed by atoms with Crippen LogP contribution in [-0.4, -0.2) is 26.6 Å². The first-order valence-electron chi connectivity index (χ1n) is 12.0. The van der Waals surface area contributed by atoms with Crippen LogP contribution in [-0.2, 0) is 14.8 Å². The van der Waals surface area contributed by atoms with Gasteiger partial charge in [0.1, 0.15) is 17.5 Å². The molecular formula is C30H30N2O4S. The number of nitrogens with zero attached hydrogens (tertiary/aromatic N) is 1. The van der Waals surface area contributed by atoms with Crippen molar-refractivity contribution in [2.24, 2.45) is 0 Å². The van der Waals surface area contributed by atoms with Gasteiger partial charge in [-0.1, -0.05) is 72.8 Å². The molecule has 0 aliphatic carbocycles. The molecule has 0 radical (unpaired) electrons. The molecule has 37 heavy (non-hydrogen) atoms. The lowest BCUT2D eigenvalue weighted by Crippen LogP contribution is -2.48. The standard InChI is InChI=1S/C30H30N2O4S/c1-22-12-10-11-17-28(22)29(24-13-6-4-7-14-24)31-30(33)23(2)32(37(3,34)35)25-18-20-27(21-19-25)36-26-15-8-5-9-16-26/h4-21,23,29H,1-3H3,(H,31,33)/t23-,29+/m1/s1. The fourth-order valence-corrected chi connectivity index (χ4v) is 5.43. The summed E-state index contributed by atoms with van der Waals surface area (Å²) in [6.45, 7) is 3.58. The first-order valence-corrected chi connectivity index (χ1v) is 13.8. The molecule has 0 unspecified atom stereocenters. The molecule has 0 bridgehead atoms. The van der Waals surface area contributed by atoms with Gasteiger partial charge >= 0.3 is 0 Å². The van der Waals surface area contributed by atoms with Gasteiger partial charge in [-0.25, -0.2) is 8.42 Å². The fourth-order valence-electron chi connectivity index (χ4n) is 4.25. The Bertz CT molecular complexity index is 1440. The van der Waals surface area contributed by atoms with Crippen LogP contribution in [0.4, 0.5) is 5.69 Å². The molecule has 0 aliphatic rings. The number of hydrogen-bond acceptors (Lipinski definition) is 4. The van der Waals surface area contributed by atoms with Crippen LogP contribution in [0.15, 0.2) is 109 Å². The Balaban J connectivity index is 1.60. The monoisotopic (exact) mass is 514 g/mol. The summed E-state index contributed by atoms with van der Waals surface area (Å²) >= 11 is 0. The van der Waals surface area contributed by atoms with Gasteiger partial charge in [-0.05, 0) is 66.9 Å². The largest absolute Gasteiger partial charge is 0.457 e. The number of aryl methyl sites for hydroxylation is 1. The van der Waals surface area contributed by atoms with E-state index in [0.29, 0.717) is 17.2 Å². The molecule has 2 atom stereocenters. The minimum Gasteiger partial charge on any atom is -0.457 e. The number of benzene rings is 4. The van der Waals surface area contributed by atoms with E-state index in [-0.39, 0.29) is 0 Å². The third kappa shape index (κ3) is 6.37. The molecule has 7 heteroatoms. The molecule has 0 saturated heterocycles. The smallest absolute Gasteiger partial charge is 0.244 e. The van der Waals surface area contributed by atoms with Gasteiger partial charge in [0, 0.05) is 0 Å². The van der Waals surface area contributed by atoms with Crippen molar-refractivity contribution in [1.82, 2.24) is 5.32 Å². The average molecular weight is 515 g/mol. The van der Waals surface area contributed by atoms with Gasteiger partial charge in [-0.2, -0.15) is 0 Å². The SMILES string of the molecule is Cc1ccccc1[C@@H](NC(=O)[C@@H](C)N(c1ccc(Oc2ccccc2)cc1)S(C)(=O)=O)c1ccccc1. The van der Waals surface area contributed by atoms with E-state index < -0.39 is 28.0 Å². The first kappa shape index (κ1) is 26.0. The van der Waals surface area contributed by atoms with E-state index in [4.69, 9.17) is 4.74 Å². The number of carbonyl (C=O) groups is 1. The van der Waals surface area contributed by atoms with Crippen molar-refractivity contribution in [3.63, 3.8) is 0 Å². The van der Waals surface area contributed by atoms with E-state index >= 15 is 0 Å². The van der Waals surface area contributed by atoms with Crippen LogP contribution >= 0.6 is 0 Å². The highest BCUT2D eigenvalue weighted by atomic mass is 32.2. The maximum atomic E-state index is 13.5. The molecule has 1 N–H and O–H groups in total. The molecule has 1 amide bonds. The van der Waals surface area contributed by atoms with Crippen LogP contribution in [0.25, 0.3) is 0 Å². The molecule has 4 aromatic rings. The van der Waals surface area contributed by atoms with Crippen LogP contribution in [0.1, 0.15) is 29.7 Å². The summed E-state index contributed by atoms with van der Waals surface area (Å²) in [5.74, 6) is 0.822. The molecule has 4 rings (SSSR count). The quantitative estimate of drug-likeness (QED) is 0.304. The molecule has 0 aromatic heterocycles. The molecule has 0 aliphatic heterocycles. The van der Waals surface area contributed by atoms with Crippen LogP contribution in [0.5, 0.6) is 11.5 Å². The molecular weight excluding hydrogens is 484 g/mol. The number of amides is 1. The van der Waals surface area contributed by atoms with Crippen LogP contribution < -0.4 is 14.4 Å². The normalized spacial score (nSPS) is 12.8. The van der Waals surface area contributed by atoms with Gasteiger partial charge in [0.15, 0.2) is 0 Å². The highest BCUT2D eigenvalue weighted by Crippen LogP contribution is 2.29. The zero-order valence-corrected chi connectivity index (χ0v) is 21.9. The van der Waals surface area contributed by atoms with Crippen molar-refractivity contribution in [3.8, 4) is 11.5 Å². The van der Waals surface area contributed by atoms with E-state index in [1.807, 2.05) is 91.9 Å². The Kier molecular flexibility index (Phi) is 7.94. The molecule has 6 nitrogen and oxygen atoms in total. The lowest BCUT2D eigenvalue weighted by molar-refractivity contribution is -0.122. The topological polar surface area (TPSA) is 75.7 Å². The minimum atomic E-state index is -3.78. The first-order chi connectivity index (χ1) is 17.7. The Morgan fingerprint density at radius 2 is 1.32 bits per heavy atom. The van der Waals surface area contributed by atoms with Gasteiger partial charge in [0.05, 0.1) is 18.0 Å². The van der Waals surface area contributed by atoms with Gasteiger partial charge in [-0.15, -0.1) is 0 Å². The van der Waals surface area contributed by atoms with E-state index in [9.17, 15) is 13.2 Å². The fraction of sp³-hybridized carbons (Fsp3) is 0.167. The van der Waals surface area contributed by atoms with E-state index in [0.717, 1.165) is 27.3 Å². The van der Waals surface area contributed by atoms with Gasteiger partial charge in [-0.3, -0.25) is 9.10 Å². The lowest BCUT2D eigenvalue weighted by atomic mass is 9.94. The van der Waals surface area contributed by atoms with Crippen molar-refractivity contribution in [3.05, 3.63) is 126 Å². The second-order valence-corrected chi connectivity index (χ2v) is 10.7. The molecule has 4 aromatic carbocycles. The van der Waals surface area contributed by atoms with Crippen LogP contribution in [0.2, 0.25) is 0 Å². The predicted octanol–water partition coefficient (Wildman–Crippen LogP) is 5.85. The van der Waals surface area contributed by atoms with Crippen molar-refractivity contribution in [2.45, 2.75) is 25.9 Å². The summed E-state index contributed by atoms with van der Waals surface area (Å²) < 4.78 is 32.7. The van der Waals surface area contributed by atoms with Gasteiger partial charge in [0.25, 0.3) is 0 Å². The summed E-state index contributed by atoms with van der Waals surface area (Å²) in [6.07, 6.45) is 1.10. The third-order valence-electron chi connectivity index (χ3n) is 6.08. The maximum Gasteiger partial charge on any atom is 0.244 e. The summed E-state index contributed by atoms with van der Waals surface area (Å²) in [6, 6.07) is 32.0. The van der Waals surface area contributed by atoms with Gasteiger partial charge < -0.3 is 10.1 Å². The summed E-state index contributed by atoms with van der Waals surface area (Å²) in [4.78, 5) is 13.5. The second kappa shape index (κ2) is 11.3. The lowest BCUT2D eigenvalue weighted by Gasteiger charge is -2.30. The number of ether oxygens (including phenoxy) is 1. The van der Waals surface area contributed by atoms with Crippen LogP contribution in [0.3, 0.4) is 0 Å². The van der Waals surface area contributed by atoms with Gasteiger partial charge in [0.2, 0.25) is 15.9 Å². The number of nitrogens with one attached hydrogen (secondary N) is 1. The van der Waals surface area contributed by atoms with E-state index in [2.05, 4.69) is 5.32 Å². The Morgan fingerprint density at radius 1 is 0.784 bits per heavy atom. The molecule has 0 saturated carbocycles. The number of sulfonamides is 1. The number of rotatable bonds is 9. The second-order valence-electron chi connectivity index (χ2n) is 8.85. The molecule has 0 fully saturated rings. The zero-order valence-electron chi connectivity index (χ0n) is 21.0. The predicted molar refractivity (Wildman–Crippen MR) is 147 cm³/mol. The van der Waals surface area contributed by atoms with Crippen molar-refractivity contribution < 1.29 is 17.9 Å². The van der Waals surface area contributed by atoms with Crippen molar-refractivity contribution in [2.75, 3.05) is 10.6 Å². The third-order valence-corrected chi connectivity index (χ3v) is 7.32. The Morgan fingerprint density at radius 3 is 1.92 bits per heavy atom. The van der Waals surface area contributed by atoms with Crippen molar-refractivity contribution >= 4 is 21.6 Å². The Hall–Kier alpha value is -4.10. The Labute approximate surface area is 218 Å². The summed E-state index contributed by atoms with van der Waals surface area (Å²) in [5, 5.41) is 3.09. The molecule has 0 spiro atoms. The van der Waals surface area contributed by atoms with E-state index in [1.54, 1.807) is 31.2 Å². The number of carbonyl (C=O) groups excluding carboxylic acids is 1. The average Bonchev–Trinajstić information content (AvgIpc) is 2.89. The van der Waals surface area contributed by atoms with E-state index in [1.165, 1.54) is 0 Å². The summed E-state index contributed by atoms with van der Waals surface area (Å²) in [7, 11) is -3.78. The highest BCUT2D eigenvalue weighted by Gasteiger charge is 2.31. The summed E-state index contributed by atoms with van der Waals surface area (Å²) in [5.41, 5.74) is 3.25. The van der Waals surface area contributed by atoms with Crippen molar-refractivity contribution in [1.29, 1.82) is 0 Å². The maximum absolute atomic E-state index is 13.5. The number of anilines is 1. The highest BCUT2D eigenvalue weighted by molar-refractivity contribution is 7.92. The molecule has 0 heterocycles. The number of hydrogen-bond donors (Lipinski definition) is 1. The van der Waals surface area contributed by atoms with Crippen LogP contribution in [0, 0.1) is 6.92 Å². The zero-order chi connectivity index (χ0) is 26.4.